The van der Waals surface area contributed by atoms with Gasteiger partial charge in [0, 0.05) is 39.0 Å². The Hall–Kier alpha value is -8.34. The lowest BCUT2D eigenvalue weighted by molar-refractivity contribution is 0.769. The maximum Gasteiger partial charge on any atom is 0.160 e. The van der Waals surface area contributed by atoms with E-state index in [1.54, 1.807) is 0 Å². The molecule has 0 aliphatic heterocycles. The number of hydrogen-bond donors (Lipinski definition) is 0. The molecule has 12 aromatic rings. The van der Waals surface area contributed by atoms with Crippen LogP contribution in [-0.2, 0) is 5.41 Å². The SMILES string of the molecule is c1ccc(-c2nc(-c3ccc4c(c3)C(c3ccccc3)(c3ccccc3)c3cc(-c5ncc6c7ccccc7c7cc8ccccc8cc7c6n5)ccc3-4)c3ccccc3n2)cc1. The van der Waals surface area contributed by atoms with E-state index in [4.69, 9.17) is 19.9 Å². The number of rotatable bonds is 5. The summed E-state index contributed by atoms with van der Waals surface area (Å²) in [7, 11) is 0. The van der Waals surface area contributed by atoms with Crippen molar-refractivity contribution in [2.24, 2.45) is 0 Å². The average molecular weight is 801 g/mol. The highest BCUT2D eigenvalue weighted by Gasteiger charge is 2.46. The molecule has 10 aromatic carbocycles. The fourth-order valence-corrected chi connectivity index (χ4v) is 10.3. The topological polar surface area (TPSA) is 51.6 Å². The van der Waals surface area contributed by atoms with Gasteiger partial charge in [-0.3, -0.25) is 0 Å². The molecule has 63 heavy (non-hydrogen) atoms. The highest BCUT2D eigenvalue weighted by Crippen LogP contribution is 2.57. The van der Waals surface area contributed by atoms with Crippen LogP contribution in [0.4, 0.5) is 0 Å². The predicted molar refractivity (Wildman–Crippen MR) is 259 cm³/mol. The van der Waals surface area contributed by atoms with E-state index in [-0.39, 0.29) is 0 Å². The molecule has 4 heteroatoms. The van der Waals surface area contributed by atoms with E-state index < -0.39 is 5.41 Å². The van der Waals surface area contributed by atoms with Crippen molar-refractivity contribution in [1.29, 1.82) is 0 Å². The van der Waals surface area contributed by atoms with Crippen LogP contribution >= 0.6 is 0 Å². The van der Waals surface area contributed by atoms with Crippen LogP contribution in [0.3, 0.4) is 0 Å². The Labute approximate surface area is 363 Å². The first-order valence-electron chi connectivity index (χ1n) is 21.5. The van der Waals surface area contributed by atoms with Gasteiger partial charge in [0.25, 0.3) is 0 Å². The summed E-state index contributed by atoms with van der Waals surface area (Å²) in [6.45, 7) is 0. The summed E-state index contributed by atoms with van der Waals surface area (Å²) >= 11 is 0. The van der Waals surface area contributed by atoms with Crippen molar-refractivity contribution >= 4 is 54.1 Å². The largest absolute Gasteiger partial charge is 0.236 e. The van der Waals surface area contributed by atoms with Gasteiger partial charge in [-0.25, -0.2) is 19.9 Å². The van der Waals surface area contributed by atoms with E-state index >= 15 is 0 Å². The van der Waals surface area contributed by atoms with Gasteiger partial charge >= 0.3 is 0 Å². The Morgan fingerprint density at radius 2 is 0.873 bits per heavy atom. The summed E-state index contributed by atoms with van der Waals surface area (Å²) in [6.07, 6.45) is 2.03. The molecule has 2 heterocycles. The van der Waals surface area contributed by atoms with Crippen molar-refractivity contribution in [3.05, 3.63) is 241 Å². The summed E-state index contributed by atoms with van der Waals surface area (Å²) in [6, 6.07) is 76.1. The van der Waals surface area contributed by atoms with Crippen LogP contribution in [0.15, 0.2) is 219 Å². The smallest absolute Gasteiger partial charge is 0.160 e. The van der Waals surface area contributed by atoms with Gasteiger partial charge in [-0.05, 0) is 90.6 Å². The van der Waals surface area contributed by atoms with Gasteiger partial charge in [0.05, 0.1) is 22.1 Å². The third-order valence-electron chi connectivity index (χ3n) is 13.2. The number of fused-ring (bicyclic) bond motifs is 11. The molecular weight excluding hydrogens is 765 g/mol. The molecule has 0 fully saturated rings. The molecule has 292 valence electrons. The van der Waals surface area contributed by atoms with E-state index in [1.165, 1.54) is 54.9 Å². The second kappa shape index (κ2) is 13.8. The third-order valence-corrected chi connectivity index (χ3v) is 13.2. The van der Waals surface area contributed by atoms with E-state index in [0.717, 1.165) is 55.0 Å². The molecule has 0 atom stereocenters. The Balaban J connectivity index is 1.06. The lowest BCUT2D eigenvalue weighted by atomic mass is 9.67. The van der Waals surface area contributed by atoms with Crippen LogP contribution in [0.5, 0.6) is 0 Å². The van der Waals surface area contributed by atoms with Crippen LogP contribution in [0.1, 0.15) is 22.3 Å². The minimum atomic E-state index is -0.664. The fourth-order valence-electron chi connectivity index (χ4n) is 10.3. The van der Waals surface area contributed by atoms with E-state index in [9.17, 15) is 0 Å². The van der Waals surface area contributed by atoms with E-state index in [1.807, 2.05) is 30.5 Å². The van der Waals surface area contributed by atoms with E-state index in [0.29, 0.717) is 11.6 Å². The second-order valence-corrected chi connectivity index (χ2v) is 16.5. The number of hydrogen-bond acceptors (Lipinski definition) is 4. The monoisotopic (exact) mass is 800 g/mol. The quantitative estimate of drug-likeness (QED) is 0.128. The Bertz CT molecular complexity index is 3750. The number of benzene rings is 10. The Morgan fingerprint density at radius 3 is 1.56 bits per heavy atom. The normalized spacial score (nSPS) is 12.9. The average Bonchev–Trinajstić information content (AvgIpc) is 3.66. The molecule has 0 N–H and O–H groups in total. The van der Waals surface area contributed by atoms with E-state index in [2.05, 4.69) is 188 Å². The molecule has 1 aliphatic rings. The van der Waals surface area contributed by atoms with Gasteiger partial charge in [-0.2, -0.15) is 0 Å². The predicted octanol–water partition coefficient (Wildman–Crippen LogP) is 14.4. The molecule has 2 aromatic heterocycles. The molecule has 0 amide bonds. The number of nitrogens with zero attached hydrogens (tertiary/aromatic N) is 4. The molecule has 0 unspecified atom stereocenters. The highest BCUT2D eigenvalue weighted by atomic mass is 14.9. The zero-order valence-corrected chi connectivity index (χ0v) is 34.1. The van der Waals surface area contributed by atoms with Gasteiger partial charge in [-0.15, -0.1) is 0 Å². The molecule has 0 bridgehead atoms. The lowest BCUT2D eigenvalue weighted by Crippen LogP contribution is -2.28. The molecule has 0 radical (unpaired) electrons. The van der Waals surface area contributed by atoms with Crippen LogP contribution < -0.4 is 0 Å². The van der Waals surface area contributed by atoms with Gasteiger partial charge in [-0.1, -0.05) is 182 Å². The van der Waals surface area contributed by atoms with Crippen molar-refractivity contribution in [2.75, 3.05) is 0 Å². The highest BCUT2D eigenvalue weighted by molar-refractivity contribution is 6.26. The summed E-state index contributed by atoms with van der Waals surface area (Å²) in [4.78, 5) is 21.0. The molecule has 13 rings (SSSR count). The van der Waals surface area contributed by atoms with Crippen molar-refractivity contribution in [1.82, 2.24) is 19.9 Å². The van der Waals surface area contributed by atoms with Crippen LogP contribution in [0.2, 0.25) is 0 Å². The minimum absolute atomic E-state index is 0.664. The molecule has 4 nitrogen and oxygen atoms in total. The number of para-hydroxylation sites is 1. The second-order valence-electron chi connectivity index (χ2n) is 16.5. The molecular formula is C59H36N4. The van der Waals surface area contributed by atoms with Crippen molar-refractivity contribution in [3.63, 3.8) is 0 Å². The first-order valence-corrected chi connectivity index (χ1v) is 21.5. The standard InChI is InChI=1S/C59H36N4/c1-4-16-37(17-5-1)58-61-54-27-15-14-26-48(54)55(62-58)40-28-30-46-47-31-29-41(35-53(47)59(52(46)34-40,42-20-6-2-7-21-42)43-22-8-3-9-23-43)57-60-36-51-45-25-13-12-24-44(45)49-32-38-18-10-11-19-39(38)33-50(49)56(51)63-57/h1-36H. The molecule has 1 aliphatic carbocycles. The summed E-state index contributed by atoms with van der Waals surface area (Å²) in [5.74, 6) is 1.40. The zero-order chi connectivity index (χ0) is 41.5. The summed E-state index contributed by atoms with van der Waals surface area (Å²) < 4.78 is 0. The Kier molecular flexibility index (Phi) is 7.79. The first kappa shape index (κ1) is 35.4. The maximum absolute atomic E-state index is 5.49. The lowest BCUT2D eigenvalue weighted by Gasteiger charge is -2.34. The van der Waals surface area contributed by atoms with Crippen molar-refractivity contribution in [2.45, 2.75) is 5.41 Å². The fraction of sp³-hybridized carbons (Fsp3) is 0.0169. The minimum Gasteiger partial charge on any atom is -0.236 e. The van der Waals surface area contributed by atoms with Crippen LogP contribution in [0.25, 0.3) is 99.3 Å². The Morgan fingerprint density at radius 1 is 0.333 bits per heavy atom. The van der Waals surface area contributed by atoms with Crippen LogP contribution in [0, 0.1) is 0 Å². The maximum atomic E-state index is 5.49. The van der Waals surface area contributed by atoms with Gasteiger partial charge < -0.3 is 0 Å². The van der Waals surface area contributed by atoms with Crippen LogP contribution in [-0.4, -0.2) is 19.9 Å². The summed E-state index contributed by atoms with van der Waals surface area (Å²) in [5, 5.41) is 9.16. The van der Waals surface area contributed by atoms with Gasteiger partial charge in [0.1, 0.15) is 0 Å². The molecule has 0 saturated heterocycles. The van der Waals surface area contributed by atoms with Gasteiger partial charge in [0.15, 0.2) is 11.6 Å². The third kappa shape index (κ3) is 5.35. The van der Waals surface area contributed by atoms with Gasteiger partial charge in [0.2, 0.25) is 0 Å². The summed E-state index contributed by atoms with van der Waals surface area (Å²) in [5.41, 5.74) is 12.3. The van der Waals surface area contributed by atoms with Crippen molar-refractivity contribution in [3.8, 4) is 45.2 Å². The number of aromatic nitrogens is 4. The molecule has 0 saturated carbocycles. The van der Waals surface area contributed by atoms with Crippen molar-refractivity contribution < 1.29 is 0 Å². The molecule has 0 spiro atoms. The first-order chi connectivity index (χ1) is 31.2. The zero-order valence-electron chi connectivity index (χ0n) is 34.1.